The molecule has 1 atom stereocenters. The average Bonchev–Trinajstić information content (AvgIpc) is 2.51. The minimum absolute atomic E-state index is 0.339. The van der Waals surface area contributed by atoms with Gasteiger partial charge in [-0.05, 0) is 23.3 Å². The predicted molar refractivity (Wildman–Crippen MR) is 87.9 cm³/mol. The second-order valence-electron chi connectivity index (χ2n) is 5.40. The van der Waals surface area contributed by atoms with Gasteiger partial charge in [0, 0.05) is 10.8 Å². The monoisotopic (exact) mass is 280 g/mol. The molecule has 0 aromatic heterocycles. The Labute approximate surface area is 125 Å². The van der Waals surface area contributed by atoms with Crippen molar-refractivity contribution < 1.29 is 9.84 Å². The van der Waals surface area contributed by atoms with Crippen molar-refractivity contribution >= 4 is 21.5 Å². The molecule has 0 spiro atoms. The summed E-state index contributed by atoms with van der Waals surface area (Å²) >= 11 is 0. The van der Waals surface area contributed by atoms with E-state index in [-0.39, 0.29) is 0 Å². The molecule has 0 aliphatic heterocycles. The summed E-state index contributed by atoms with van der Waals surface area (Å²) in [7, 11) is 0. The maximum atomic E-state index is 9.93. The standard InChI is InChI=1S/C19H20O2/c1-2-7-16(20)13-21-19-17-10-5-3-8-14(17)12-15-9-4-6-11-18(15)19/h3-6,8-12,16,20H,2,7,13H2,1H3. The lowest BCUT2D eigenvalue weighted by atomic mass is 10.0. The van der Waals surface area contributed by atoms with E-state index >= 15 is 0 Å². The van der Waals surface area contributed by atoms with E-state index in [9.17, 15) is 5.11 Å². The van der Waals surface area contributed by atoms with E-state index in [1.807, 2.05) is 24.3 Å². The fraction of sp³-hybridized carbons (Fsp3) is 0.263. The first kappa shape index (κ1) is 13.9. The molecular formula is C19H20O2. The van der Waals surface area contributed by atoms with Crippen LogP contribution in [0, 0.1) is 0 Å². The molecule has 3 aromatic rings. The summed E-state index contributed by atoms with van der Waals surface area (Å²) in [6, 6.07) is 18.6. The van der Waals surface area contributed by atoms with E-state index in [4.69, 9.17) is 4.74 Å². The lowest BCUT2D eigenvalue weighted by Gasteiger charge is -2.15. The minimum Gasteiger partial charge on any atom is -0.490 e. The van der Waals surface area contributed by atoms with Gasteiger partial charge in [-0.1, -0.05) is 61.9 Å². The van der Waals surface area contributed by atoms with Crippen LogP contribution in [0.1, 0.15) is 19.8 Å². The van der Waals surface area contributed by atoms with Crippen LogP contribution < -0.4 is 4.74 Å². The molecule has 3 rings (SSSR count). The summed E-state index contributed by atoms with van der Waals surface area (Å²) in [5.41, 5.74) is 0. The van der Waals surface area contributed by atoms with E-state index in [1.54, 1.807) is 0 Å². The molecule has 21 heavy (non-hydrogen) atoms. The van der Waals surface area contributed by atoms with E-state index < -0.39 is 6.10 Å². The van der Waals surface area contributed by atoms with E-state index in [1.165, 1.54) is 0 Å². The third kappa shape index (κ3) is 2.86. The number of hydrogen-bond donors (Lipinski definition) is 1. The zero-order valence-electron chi connectivity index (χ0n) is 12.3. The topological polar surface area (TPSA) is 29.5 Å². The van der Waals surface area contributed by atoms with Gasteiger partial charge in [0.05, 0.1) is 6.10 Å². The first-order valence-electron chi connectivity index (χ1n) is 7.51. The molecule has 2 nitrogen and oxygen atoms in total. The Bertz CT molecular complexity index is 695. The van der Waals surface area contributed by atoms with Gasteiger partial charge in [-0.3, -0.25) is 0 Å². The minimum atomic E-state index is -0.410. The van der Waals surface area contributed by atoms with Crippen LogP contribution in [0.4, 0.5) is 0 Å². The van der Waals surface area contributed by atoms with Crippen LogP contribution in [0.2, 0.25) is 0 Å². The number of aliphatic hydroxyl groups is 1. The Morgan fingerprint density at radius 2 is 1.52 bits per heavy atom. The Kier molecular flexibility index (Phi) is 4.07. The zero-order valence-corrected chi connectivity index (χ0v) is 12.3. The van der Waals surface area contributed by atoms with Crippen molar-refractivity contribution in [3.8, 4) is 5.75 Å². The van der Waals surface area contributed by atoms with Gasteiger partial charge < -0.3 is 9.84 Å². The van der Waals surface area contributed by atoms with Gasteiger partial charge in [-0.25, -0.2) is 0 Å². The van der Waals surface area contributed by atoms with Crippen molar-refractivity contribution in [2.75, 3.05) is 6.61 Å². The molecule has 2 heteroatoms. The van der Waals surface area contributed by atoms with Crippen molar-refractivity contribution in [3.63, 3.8) is 0 Å². The fourth-order valence-electron chi connectivity index (χ4n) is 2.72. The molecular weight excluding hydrogens is 260 g/mol. The molecule has 1 N–H and O–H groups in total. The van der Waals surface area contributed by atoms with Crippen LogP contribution in [0.15, 0.2) is 54.6 Å². The summed E-state index contributed by atoms with van der Waals surface area (Å²) in [6.45, 7) is 2.41. The van der Waals surface area contributed by atoms with Crippen LogP contribution in [0.3, 0.4) is 0 Å². The average molecular weight is 280 g/mol. The highest BCUT2D eigenvalue weighted by atomic mass is 16.5. The van der Waals surface area contributed by atoms with Gasteiger partial charge in [-0.2, -0.15) is 0 Å². The van der Waals surface area contributed by atoms with Crippen LogP contribution in [-0.4, -0.2) is 17.8 Å². The molecule has 0 radical (unpaired) electrons. The third-order valence-corrected chi connectivity index (χ3v) is 3.76. The molecule has 3 aromatic carbocycles. The molecule has 0 aliphatic rings. The normalized spacial score (nSPS) is 12.7. The Hall–Kier alpha value is -2.06. The highest BCUT2D eigenvalue weighted by Gasteiger charge is 2.10. The molecule has 108 valence electrons. The van der Waals surface area contributed by atoms with Crippen molar-refractivity contribution in [2.45, 2.75) is 25.9 Å². The second kappa shape index (κ2) is 6.15. The van der Waals surface area contributed by atoms with Crippen molar-refractivity contribution in [1.29, 1.82) is 0 Å². The molecule has 1 unspecified atom stereocenters. The van der Waals surface area contributed by atoms with Crippen molar-refractivity contribution in [1.82, 2.24) is 0 Å². The number of aliphatic hydroxyl groups excluding tert-OH is 1. The zero-order chi connectivity index (χ0) is 14.7. The Morgan fingerprint density at radius 3 is 2.10 bits per heavy atom. The Balaban J connectivity index is 2.07. The smallest absolute Gasteiger partial charge is 0.135 e. The van der Waals surface area contributed by atoms with Gasteiger partial charge in [0.15, 0.2) is 0 Å². The van der Waals surface area contributed by atoms with Crippen LogP contribution in [0.25, 0.3) is 21.5 Å². The SMILES string of the molecule is CCCC(O)COc1c2ccccc2cc2ccccc12. The first-order chi connectivity index (χ1) is 10.3. The van der Waals surface area contributed by atoms with Crippen molar-refractivity contribution in [2.24, 2.45) is 0 Å². The summed E-state index contributed by atoms with van der Waals surface area (Å²) in [6.07, 6.45) is 1.32. The molecule has 0 bridgehead atoms. The maximum absolute atomic E-state index is 9.93. The van der Waals surface area contributed by atoms with Crippen molar-refractivity contribution in [3.05, 3.63) is 54.6 Å². The Morgan fingerprint density at radius 1 is 0.952 bits per heavy atom. The number of benzene rings is 3. The molecule has 0 heterocycles. The summed E-state index contributed by atoms with van der Waals surface area (Å²) in [5.74, 6) is 0.874. The van der Waals surface area contributed by atoms with Gasteiger partial charge in [0.25, 0.3) is 0 Å². The summed E-state index contributed by atoms with van der Waals surface area (Å²) in [4.78, 5) is 0. The van der Waals surface area contributed by atoms with E-state index in [0.29, 0.717) is 6.61 Å². The van der Waals surface area contributed by atoms with Gasteiger partial charge in [-0.15, -0.1) is 0 Å². The maximum Gasteiger partial charge on any atom is 0.135 e. The number of rotatable bonds is 5. The molecule has 0 saturated carbocycles. The highest BCUT2D eigenvalue weighted by Crippen LogP contribution is 2.34. The number of fused-ring (bicyclic) bond motifs is 2. The molecule has 0 amide bonds. The molecule has 0 fully saturated rings. The van der Waals surface area contributed by atoms with Crippen LogP contribution in [-0.2, 0) is 0 Å². The lowest BCUT2D eigenvalue weighted by molar-refractivity contribution is 0.101. The van der Waals surface area contributed by atoms with Crippen LogP contribution in [0.5, 0.6) is 5.75 Å². The van der Waals surface area contributed by atoms with Crippen LogP contribution >= 0.6 is 0 Å². The second-order valence-corrected chi connectivity index (χ2v) is 5.40. The summed E-state index contributed by atoms with van der Waals surface area (Å²) in [5, 5.41) is 14.5. The van der Waals surface area contributed by atoms with Gasteiger partial charge >= 0.3 is 0 Å². The van der Waals surface area contributed by atoms with E-state index in [2.05, 4.69) is 37.3 Å². The fourth-order valence-corrected chi connectivity index (χ4v) is 2.72. The highest BCUT2D eigenvalue weighted by molar-refractivity contribution is 6.05. The largest absolute Gasteiger partial charge is 0.490 e. The number of ether oxygens (including phenoxy) is 1. The first-order valence-corrected chi connectivity index (χ1v) is 7.51. The third-order valence-electron chi connectivity index (χ3n) is 3.76. The van der Waals surface area contributed by atoms with Gasteiger partial charge in [0.1, 0.15) is 12.4 Å². The number of hydrogen-bond acceptors (Lipinski definition) is 2. The predicted octanol–water partition coefficient (Wildman–Crippen LogP) is 4.53. The quantitative estimate of drug-likeness (QED) is 0.696. The summed E-state index contributed by atoms with van der Waals surface area (Å²) < 4.78 is 6.00. The molecule has 0 aliphatic carbocycles. The van der Waals surface area contributed by atoms with E-state index in [0.717, 1.165) is 40.1 Å². The van der Waals surface area contributed by atoms with Gasteiger partial charge in [0.2, 0.25) is 0 Å². The molecule has 0 saturated heterocycles. The lowest BCUT2D eigenvalue weighted by Crippen LogP contribution is -2.17.